The van der Waals surface area contributed by atoms with Crippen LogP contribution in [-0.2, 0) is 0 Å². The van der Waals surface area contributed by atoms with Crippen LogP contribution in [0.1, 0.15) is 39.5 Å². The van der Waals surface area contributed by atoms with Gasteiger partial charge in [-0.3, -0.25) is 0 Å². The Balaban J connectivity index is 2.14. The van der Waals surface area contributed by atoms with E-state index < -0.39 is 5.60 Å². The van der Waals surface area contributed by atoms with Gasteiger partial charge >= 0.3 is 0 Å². The quantitative estimate of drug-likeness (QED) is 0.619. The first kappa shape index (κ1) is 12.0. The van der Waals surface area contributed by atoms with Gasteiger partial charge in [-0.2, -0.15) is 0 Å². The van der Waals surface area contributed by atoms with Gasteiger partial charge in [0.05, 0.1) is 11.7 Å². The highest BCUT2D eigenvalue weighted by Crippen LogP contribution is 2.28. The monoisotopic (exact) mass is 201 g/mol. The highest BCUT2D eigenvalue weighted by atomic mass is 16.3. The van der Waals surface area contributed by atoms with Crippen molar-refractivity contribution in [2.45, 2.75) is 51.2 Å². The number of aliphatic hydroxyl groups excluding tert-OH is 1. The molecule has 0 aromatic rings. The lowest BCUT2D eigenvalue weighted by molar-refractivity contribution is 0.0412. The number of hydrogen-bond acceptors (Lipinski definition) is 3. The Morgan fingerprint density at radius 1 is 1.29 bits per heavy atom. The summed E-state index contributed by atoms with van der Waals surface area (Å²) in [6.07, 6.45) is 3.76. The Bertz CT molecular complexity index is 165. The molecule has 0 heterocycles. The SMILES string of the molecule is CC(C)C(O)CNCC1(O)CCCC1. The summed E-state index contributed by atoms with van der Waals surface area (Å²) >= 11 is 0. The molecule has 14 heavy (non-hydrogen) atoms. The zero-order chi connectivity index (χ0) is 10.6. The van der Waals surface area contributed by atoms with Crippen LogP contribution in [0.3, 0.4) is 0 Å². The molecule has 84 valence electrons. The third-order valence-corrected chi connectivity index (χ3v) is 3.11. The highest BCUT2D eigenvalue weighted by Gasteiger charge is 2.30. The van der Waals surface area contributed by atoms with Gasteiger partial charge in [0.25, 0.3) is 0 Å². The fraction of sp³-hybridized carbons (Fsp3) is 1.00. The maximum atomic E-state index is 10.00. The first-order chi connectivity index (χ1) is 6.53. The molecule has 0 spiro atoms. The lowest BCUT2D eigenvalue weighted by Gasteiger charge is -2.24. The van der Waals surface area contributed by atoms with Crippen LogP contribution in [0, 0.1) is 5.92 Å². The normalized spacial score (nSPS) is 22.9. The molecule has 0 aliphatic heterocycles. The standard InChI is InChI=1S/C11H23NO2/c1-9(2)10(13)7-12-8-11(14)5-3-4-6-11/h9-10,12-14H,3-8H2,1-2H3. The van der Waals surface area contributed by atoms with Gasteiger partial charge < -0.3 is 15.5 Å². The molecule has 1 unspecified atom stereocenters. The topological polar surface area (TPSA) is 52.5 Å². The lowest BCUT2D eigenvalue weighted by atomic mass is 10.0. The van der Waals surface area contributed by atoms with Crippen molar-refractivity contribution in [3.05, 3.63) is 0 Å². The Labute approximate surface area is 86.5 Å². The second kappa shape index (κ2) is 5.10. The van der Waals surface area contributed by atoms with Gasteiger partial charge in [-0.15, -0.1) is 0 Å². The van der Waals surface area contributed by atoms with Crippen molar-refractivity contribution in [3.63, 3.8) is 0 Å². The molecule has 1 aliphatic rings. The summed E-state index contributed by atoms with van der Waals surface area (Å²) in [6.45, 7) is 5.20. The average Bonchev–Trinajstić information content (AvgIpc) is 2.52. The zero-order valence-electron chi connectivity index (χ0n) is 9.29. The highest BCUT2D eigenvalue weighted by molar-refractivity contribution is 4.86. The molecule has 1 aliphatic carbocycles. The Morgan fingerprint density at radius 2 is 1.86 bits per heavy atom. The molecule has 3 heteroatoms. The third kappa shape index (κ3) is 3.56. The number of aliphatic hydroxyl groups is 2. The fourth-order valence-electron chi connectivity index (χ4n) is 1.90. The van der Waals surface area contributed by atoms with E-state index in [1.807, 2.05) is 13.8 Å². The van der Waals surface area contributed by atoms with Crippen LogP contribution in [0.5, 0.6) is 0 Å². The molecule has 1 atom stereocenters. The van der Waals surface area contributed by atoms with Crippen molar-refractivity contribution in [1.29, 1.82) is 0 Å². The van der Waals surface area contributed by atoms with Gasteiger partial charge in [-0.05, 0) is 18.8 Å². The van der Waals surface area contributed by atoms with Crippen molar-refractivity contribution in [1.82, 2.24) is 5.32 Å². The van der Waals surface area contributed by atoms with E-state index in [4.69, 9.17) is 0 Å². The molecule has 3 nitrogen and oxygen atoms in total. The summed E-state index contributed by atoms with van der Waals surface area (Å²) in [5.41, 5.74) is -0.503. The third-order valence-electron chi connectivity index (χ3n) is 3.11. The van der Waals surface area contributed by atoms with Crippen LogP contribution < -0.4 is 5.32 Å². The van der Waals surface area contributed by atoms with Gasteiger partial charge in [0, 0.05) is 13.1 Å². The van der Waals surface area contributed by atoms with E-state index in [2.05, 4.69) is 5.32 Å². The Hall–Kier alpha value is -0.120. The molecule has 0 amide bonds. The first-order valence-corrected chi connectivity index (χ1v) is 5.65. The van der Waals surface area contributed by atoms with Crippen LogP contribution in [0.2, 0.25) is 0 Å². The van der Waals surface area contributed by atoms with E-state index >= 15 is 0 Å². The largest absolute Gasteiger partial charge is 0.392 e. The van der Waals surface area contributed by atoms with Crippen LogP contribution in [0.25, 0.3) is 0 Å². The van der Waals surface area contributed by atoms with Gasteiger partial charge in [0.1, 0.15) is 0 Å². The lowest BCUT2D eigenvalue weighted by Crippen LogP contribution is -2.41. The minimum absolute atomic E-state index is 0.278. The van der Waals surface area contributed by atoms with Gasteiger partial charge in [-0.1, -0.05) is 26.7 Å². The Kier molecular flexibility index (Phi) is 4.35. The van der Waals surface area contributed by atoms with Crippen LogP contribution >= 0.6 is 0 Å². The van der Waals surface area contributed by atoms with Crippen LogP contribution in [0.15, 0.2) is 0 Å². The maximum Gasteiger partial charge on any atom is 0.0771 e. The molecule has 0 radical (unpaired) electrons. The molecular formula is C11H23NO2. The van der Waals surface area contributed by atoms with E-state index in [0.29, 0.717) is 13.1 Å². The summed E-state index contributed by atoms with van der Waals surface area (Å²) < 4.78 is 0. The minimum Gasteiger partial charge on any atom is -0.392 e. The van der Waals surface area contributed by atoms with E-state index in [9.17, 15) is 10.2 Å². The molecule has 1 saturated carbocycles. The smallest absolute Gasteiger partial charge is 0.0771 e. The summed E-state index contributed by atoms with van der Waals surface area (Å²) in [6, 6.07) is 0. The van der Waals surface area contributed by atoms with Crippen molar-refractivity contribution in [3.8, 4) is 0 Å². The summed E-state index contributed by atoms with van der Waals surface area (Å²) in [4.78, 5) is 0. The van der Waals surface area contributed by atoms with Crippen molar-refractivity contribution < 1.29 is 10.2 Å². The molecule has 0 aromatic carbocycles. The molecule has 3 N–H and O–H groups in total. The summed E-state index contributed by atoms with van der Waals surface area (Å²) in [5.74, 6) is 0.278. The van der Waals surface area contributed by atoms with Crippen LogP contribution in [-0.4, -0.2) is 35.0 Å². The molecule has 0 saturated heterocycles. The zero-order valence-corrected chi connectivity index (χ0v) is 9.29. The first-order valence-electron chi connectivity index (χ1n) is 5.65. The van der Waals surface area contributed by atoms with Gasteiger partial charge in [-0.25, -0.2) is 0 Å². The molecule has 0 aromatic heterocycles. The molecule has 1 fully saturated rings. The fourth-order valence-corrected chi connectivity index (χ4v) is 1.90. The van der Waals surface area contributed by atoms with Crippen molar-refractivity contribution >= 4 is 0 Å². The molecule has 1 rings (SSSR count). The average molecular weight is 201 g/mol. The predicted octanol–water partition coefficient (Wildman–Crippen LogP) is 0.898. The van der Waals surface area contributed by atoms with E-state index in [0.717, 1.165) is 25.7 Å². The van der Waals surface area contributed by atoms with Crippen molar-refractivity contribution in [2.75, 3.05) is 13.1 Å². The van der Waals surface area contributed by atoms with Crippen LogP contribution in [0.4, 0.5) is 0 Å². The number of hydrogen-bond donors (Lipinski definition) is 3. The molecular weight excluding hydrogens is 178 g/mol. The summed E-state index contributed by atoms with van der Waals surface area (Å²) in [7, 11) is 0. The second-order valence-electron chi connectivity index (χ2n) is 4.87. The minimum atomic E-state index is -0.503. The van der Waals surface area contributed by atoms with Gasteiger partial charge in [0.15, 0.2) is 0 Å². The Morgan fingerprint density at radius 3 is 2.36 bits per heavy atom. The maximum absolute atomic E-state index is 10.00. The number of rotatable bonds is 5. The number of nitrogens with one attached hydrogen (secondary N) is 1. The van der Waals surface area contributed by atoms with E-state index in [-0.39, 0.29) is 12.0 Å². The molecule has 0 bridgehead atoms. The van der Waals surface area contributed by atoms with E-state index in [1.165, 1.54) is 0 Å². The van der Waals surface area contributed by atoms with E-state index in [1.54, 1.807) is 0 Å². The van der Waals surface area contributed by atoms with Crippen molar-refractivity contribution in [2.24, 2.45) is 5.92 Å². The summed E-state index contributed by atoms with van der Waals surface area (Å²) in [5, 5.41) is 22.7. The second-order valence-corrected chi connectivity index (χ2v) is 4.87. The van der Waals surface area contributed by atoms with Gasteiger partial charge in [0.2, 0.25) is 0 Å². The predicted molar refractivity (Wildman–Crippen MR) is 57.1 cm³/mol.